The Kier molecular flexibility index (Phi) is 5.64. The molecule has 150 valence electrons. The number of rotatable bonds is 6. The summed E-state index contributed by atoms with van der Waals surface area (Å²) in [6.45, 7) is 0. The third-order valence-electron chi connectivity index (χ3n) is 4.24. The first-order chi connectivity index (χ1) is 13.9. The highest BCUT2D eigenvalue weighted by atomic mass is 32.1. The molecule has 0 radical (unpaired) electrons. The average Bonchev–Trinajstić information content (AvgIpc) is 3.00. The fraction of sp³-hybridized carbons (Fsp3) is 0.158. The maximum absolute atomic E-state index is 12.9. The zero-order valence-corrected chi connectivity index (χ0v) is 16.6. The third-order valence-corrected chi connectivity index (χ3v) is 4.52. The van der Waals surface area contributed by atoms with Crippen LogP contribution in [0.25, 0.3) is 6.08 Å². The van der Waals surface area contributed by atoms with Gasteiger partial charge in [0.15, 0.2) is 16.6 Å². The Morgan fingerprint density at radius 1 is 1.07 bits per heavy atom. The minimum atomic E-state index is -0.562. The van der Waals surface area contributed by atoms with Crippen LogP contribution in [0.2, 0.25) is 0 Å². The number of carbonyl (C=O) groups is 1. The van der Waals surface area contributed by atoms with Crippen molar-refractivity contribution >= 4 is 40.7 Å². The van der Waals surface area contributed by atoms with E-state index in [0.29, 0.717) is 17.2 Å². The van der Waals surface area contributed by atoms with Gasteiger partial charge in [0.25, 0.3) is 11.6 Å². The summed E-state index contributed by atoms with van der Waals surface area (Å²) in [5, 5.41) is 14.4. The molecule has 1 amide bonds. The van der Waals surface area contributed by atoms with E-state index in [9.17, 15) is 14.9 Å². The van der Waals surface area contributed by atoms with E-state index in [2.05, 4.69) is 5.32 Å². The smallest absolute Gasteiger partial charge is 0.281 e. The SMILES string of the molecule is COc1ccc(N2C(=O)/C(=C\c3cc(OC)c(OC)cc3[N+](=O)[O-])NC2=S)cc1. The molecule has 0 saturated carbocycles. The van der Waals surface area contributed by atoms with Gasteiger partial charge in [0.1, 0.15) is 11.4 Å². The van der Waals surface area contributed by atoms with Crippen LogP contribution < -0.4 is 24.4 Å². The minimum Gasteiger partial charge on any atom is -0.497 e. The molecule has 0 spiro atoms. The molecule has 0 bridgehead atoms. The highest BCUT2D eigenvalue weighted by Gasteiger charge is 2.33. The van der Waals surface area contributed by atoms with Crippen molar-refractivity contribution in [1.29, 1.82) is 0 Å². The van der Waals surface area contributed by atoms with Gasteiger partial charge >= 0.3 is 0 Å². The van der Waals surface area contributed by atoms with Crippen LogP contribution >= 0.6 is 12.2 Å². The van der Waals surface area contributed by atoms with Gasteiger partial charge in [-0.1, -0.05) is 0 Å². The van der Waals surface area contributed by atoms with Gasteiger partial charge in [-0.15, -0.1) is 0 Å². The number of anilines is 1. The van der Waals surface area contributed by atoms with Gasteiger partial charge in [-0.3, -0.25) is 19.8 Å². The van der Waals surface area contributed by atoms with Crippen LogP contribution in [0.1, 0.15) is 5.56 Å². The van der Waals surface area contributed by atoms with E-state index < -0.39 is 10.8 Å². The van der Waals surface area contributed by atoms with Crippen LogP contribution in [0.5, 0.6) is 17.2 Å². The van der Waals surface area contributed by atoms with Crippen LogP contribution in [0.3, 0.4) is 0 Å². The predicted octanol–water partition coefficient (Wildman–Crippen LogP) is 2.88. The number of nitrogens with one attached hydrogen (secondary N) is 1. The van der Waals surface area contributed by atoms with Gasteiger partial charge in [-0.25, -0.2) is 0 Å². The van der Waals surface area contributed by atoms with Crippen LogP contribution in [0.4, 0.5) is 11.4 Å². The number of amides is 1. The zero-order valence-electron chi connectivity index (χ0n) is 15.8. The molecule has 0 aliphatic carbocycles. The maximum atomic E-state index is 12.9. The largest absolute Gasteiger partial charge is 0.497 e. The molecular weight excluding hydrogens is 398 g/mol. The molecule has 1 saturated heterocycles. The first-order valence-corrected chi connectivity index (χ1v) is 8.72. The quantitative estimate of drug-likeness (QED) is 0.333. The molecule has 1 aliphatic rings. The van der Waals surface area contributed by atoms with Crippen molar-refractivity contribution in [2.24, 2.45) is 0 Å². The van der Waals surface area contributed by atoms with Gasteiger partial charge in [0, 0.05) is 0 Å². The number of nitro groups is 1. The van der Waals surface area contributed by atoms with Gasteiger partial charge in [-0.2, -0.15) is 0 Å². The molecule has 1 aliphatic heterocycles. The molecule has 3 rings (SSSR count). The molecule has 1 fully saturated rings. The molecule has 2 aromatic carbocycles. The number of ether oxygens (including phenoxy) is 3. The fourth-order valence-electron chi connectivity index (χ4n) is 2.81. The van der Waals surface area contributed by atoms with E-state index in [-0.39, 0.29) is 27.8 Å². The molecule has 0 aromatic heterocycles. The van der Waals surface area contributed by atoms with Crippen molar-refractivity contribution in [3.05, 3.63) is 57.8 Å². The molecule has 1 N–H and O–H groups in total. The van der Waals surface area contributed by atoms with E-state index in [4.69, 9.17) is 26.4 Å². The van der Waals surface area contributed by atoms with E-state index in [1.807, 2.05) is 0 Å². The van der Waals surface area contributed by atoms with Crippen molar-refractivity contribution in [3.63, 3.8) is 0 Å². The second-order valence-electron chi connectivity index (χ2n) is 5.85. The fourth-order valence-corrected chi connectivity index (χ4v) is 3.11. The summed E-state index contributed by atoms with van der Waals surface area (Å²) in [7, 11) is 4.34. The van der Waals surface area contributed by atoms with E-state index in [1.54, 1.807) is 31.4 Å². The van der Waals surface area contributed by atoms with Crippen molar-refractivity contribution in [2.45, 2.75) is 0 Å². The minimum absolute atomic E-state index is 0.0983. The van der Waals surface area contributed by atoms with Crippen LogP contribution in [0, 0.1) is 10.1 Å². The van der Waals surface area contributed by atoms with Gasteiger partial charge in [0.2, 0.25) is 0 Å². The molecule has 0 unspecified atom stereocenters. The van der Waals surface area contributed by atoms with Crippen LogP contribution in [0.15, 0.2) is 42.1 Å². The Hall–Kier alpha value is -3.66. The summed E-state index contributed by atoms with van der Waals surface area (Å²) in [6, 6.07) is 9.44. The van der Waals surface area contributed by atoms with Crippen molar-refractivity contribution < 1.29 is 23.9 Å². The molecule has 9 nitrogen and oxygen atoms in total. The third kappa shape index (κ3) is 3.83. The number of nitro benzene ring substituents is 1. The Morgan fingerprint density at radius 3 is 2.24 bits per heavy atom. The normalized spacial score (nSPS) is 14.7. The summed E-state index contributed by atoms with van der Waals surface area (Å²) in [6.07, 6.45) is 1.36. The van der Waals surface area contributed by atoms with Crippen LogP contribution in [-0.2, 0) is 4.79 Å². The lowest BCUT2D eigenvalue weighted by Crippen LogP contribution is -2.30. The molecule has 1 heterocycles. The van der Waals surface area contributed by atoms with E-state index in [0.717, 1.165) is 0 Å². The molecular formula is C19H17N3O6S. The number of nitrogens with zero attached hydrogens (tertiary/aromatic N) is 2. The number of methoxy groups -OCH3 is 3. The lowest BCUT2D eigenvalue weighted by atomic mass is 10.1. The molecule has 2 aromatic rings. The average molecular weight is 415 g/mol. The van der Waals surface area contributed by atoms with Gasteiger partial charge in [0.05, 0.1) is 43.6 Å². The molecule has 0 atom stereocenters. The molecule has 10 heteroatoms. The van der Waals surface area contributed by atoms with E-state index >= 15 is 0 Å². The number of benzene rings is 2. The molecule has 29 heavy (non-hydrogen) atoms. The monoisotopic (exact) mass is 415 g/mol. The van der Waals surface area contributed by atoms with Crippen LogP contribution in [-0.4, -0.2) is 37.3 Å². The maximum Gasteiger partial charge on any atom is 0.281 e. The number of thiocarbonyl (C=S) groups is 1. The first kappa shape index (κ1) is 20.1. The zero-order chi connectivity index (χ0) is 21.1. The predicted molar refractivity (Wildman–Crippen MR) is 110 cm³/mol. The Bertz CT molecular complexity index is 1020. The Morgan fingerprint density at radius 2 is 1.69 bits per heavy atom. The van der Waals surface area contributed by atoms with Gasteiger partial charge < -0.3 is 19.5 Å². The number of carbonyl (C=O) groups excluding carboxylic acids is 1. The highest BCUT2D eigenvalue weighted by molar-refractivity contribution is 7.80. The summed E-state index contributed by atoms with van der Waals surface area (Å²) in [5.74, 6) is 0.702. The number of hydrogen-bond acceptors (Lipinski definition) is 7. The van der Waals surface area contributed by atoms with Gasteiger partial charge in [-0.05, 0) is 48.6 Å². The highest BCUT2D eigenvalue weighted by Crippen LogP contribution is 2.36. The van der Waals surface area contributed by atoms with Crippen molar-refractivity contribution in [2.75, 3.05) is 26.2 Å². The second kappa shape index (κ2) is 8.15. The topological polar surface area (TPSA) is 103 Å². The standard InChI is InChI=1S/C19H17N3O6S/c1-26-13-6-4-12(5-7-13)21-18(23)14(20-19(21)29)8-11-9-16(27-2)17(28-3)10-15(11)22(24)25/h4-10H,1-3H3,(H,20,29)/b14-8+. The summed E-state index contributed by atoms with van der Waals surface area (Å²) in [4.78, 5) is 25.1. The summed E-state index contributed by atoms with van der Waals surface area (Å²) in [5.41, 5.74) is 0.570. The van der Waals surface area contributed by atoms with Crippen molar-refractivity contribution in [1.82, 2.24) is 5.32 Å². The second-order valence-corrected chi connectivity index (χ2v) is 6.24. The number of hydrogen-bond donors (Lipinski definition) is 1. The van der Waals surface area contributed by atoms with Crippen molar-refractivity contribution in [3.8, 4) is 17.2 Å². The lowest BCUT2D eigenvalue weighted by Gasteiger charge is -2.14. The summed E-state index contributed by atoms with van der Waals surface area (Å²) >= 11 is 5.27. The lowest BCUT2D eigenvalue weighted by molar-refractivity contribution is -0.385. The van der Waals surface area contributed by atoms with E-state index in [1.165, 1.54) is 37.3 Å². The Balaban J connectivity index is 2.01. The first-order valence-electron chi connectivity index (χ1n) is 8.31. The summed E-state index contributed by atoms with van der Waals surface area (Å²) < 4.78 is 15.4. The Labute approximate surface area is 171 Å².